The first-order valence-electron chi connectivity index (χ1n) is 6.20. The van der Waals surface area contributed by atoms with Gasteiger partial charge in [0.15, 0.2) is 5.82 Å². The van der Waals surface area contributed by atoms with Crippen molar-refractivity contribution in [1.82, 2.24) is 20.2 Å². The van der Waals surface area contributed by atoms with E-state index in [0.29, 0.717) is 0 Å². The largest absolute Gasteiger partial charge is 0.307 e. The molecule has 0 aliphatic heterocycles. The fourth-order valence-electron chi connectivity index (χ4n) is 2.36. The van der Waals surface area contributed by atoms with Crippen molar-refractivity contribution < 1.29 is 0 Å². The molecule has 0 saturated heterocycles. The average molecular weight is 248 g/mol. The van der Waals surface area contributed by atoms with E-state index in [1.807, 2.05) is 30.5 Å². The molecule has 19 heavy (non-hydrogen) atoms. The summed E-state index contributed by atoms with van der Waals surface area (Å²) in [6.07, 6.45) is 1.93. The average Bonchev–Trinajstić information content (AvgIpc) is 3.00. The highest BCUT2D eigenvalue weighted by Crippen LogP contribution is 2.24. The van der Waals surface area contributed by atoms with Gasteiger partial charge in [-0.05, 0) is 25.1 Å². The van der Waals surface area contributed by atoms with Gasteiger partial charge in [-0.15, -0.1) is 0 Å². The van der Waals surface area contributed by atoms with Gasteiger partial charge in [-0.25, -0.2) is 9.97 Å². The lowest BCUT2D eigenvalue weighted by molar-refractivity contribution is 1.12. The van der Waals surface area contributed by atoms with Gasteiger partial charge in [-0.1, -0.05) is 23.8 Å². The lowest BCUT2D eigenvalue weighted by Gasteiger charge is -1.96. The van der Waals surface area contributed by atoms with Crippen molar-refractivity contribution in [3.8, 4) is 11.4 Å². The Morgan fingerprint density at radius 1 is 1.00 bits per heavy atom. The van der Waals surface area contributed by atoms with Crippen molar-refractivity contribution in [3.63, 3.8) is 0 Å². The molecule has 4 rings (SSSR count). The van der Waals surface area contributed by atoms with E-state index >= 15 is 0 Å². The molecule has 0 radical (unpaired) electrons. The lowest BCUT2D eigenvalue weighted by Crippen LogP contribution is -1.80. The highest BCUT2D eigenvalue weighted by molar-refractivity contribution is 5.93. The maximum absolute atomic E-state index is 4.61. The summed E-state index contributed by atoms with van der Waals surface area (Å²) in [7, 11) is 0. The van der Waals surface area contributed by atoms with E-state index in [0.717, 1.165) is 33.3 Å². The molecule has 4 heteroatoms. The Morgan fingerprint density at radius 2 is 1.84 bits per heavy atom. The van der Waals surface area contributed by atoms with Crippen LogP contribution >= 0.6 is 0 Å². The standard InChI is InChI=1S/C15H12N4/c1-9-3-2-4-10(5-9)15-17-13-6-11-8-16-19-12(11)7-14(13)18-15/h2-8,16,19H,1H3. The normalized spacial score (nSPS) is 11.4. The molecule has 4 aromatic rings. The summed E-state index contributed by atoms with van der Waals surface area (Å²) in [6, 6.07) is 12.3. The van der Waals surface area contributed by atoms with Crippen molar-refractivity contribution in [3.05, 3.63) is 48.2 Å². The second-order valence-corrected chi connectivity index (χ2v) is 4.76. The fraction of sp³-hybridized carbons (Fsp3) is 0.0667. The van der Waals surface area contributed by atoms with Crippen molar-refractivity contribution in [1.29, 1.82) is 0 Å². The van der Waals surface area contributed by atoms with E-state index in [4.69, 9.17) is 0 Å². The number of rotatable bonds is 1. The second kappa shape index (κ2) is 3.68. The Hall–Kier alpha value is -2.62. The van der Waals surface area contributed by atoms with Crippen molar-refractivity contribution in [2.24, 2.45) is 0 Å². The van der Waals surface area contributed by atoms with Crippen LogP contribution < -0.4 is 0 Å². The molecular formula is C15H12N4. The molecule has 2 aromatic heterocycles. The number of aromatic amines is 2. The van der Waals surface area contributed by atoms with Crippen LogP contribution in [0.4, 0.5) is 0 Å². The van der Waals surface area contributed by atoms with Gasteiger partial charge in [0, 0.05) is 17.1 Å². The number of hydrogen-bond donors (Lipinski definition) is 2. The third kappa shape index (κ3) is 1.61. The number of benzene rings is 2. The molecule has 2 N–H and O–H groups in total. The molecular weight excluding hydrogens is 236 g/mol. The Morgan fingerprint density at radius 3 is 2.68 bits per heavy atom. The Bertz CT molecular complexity index is 837. The number of H-pyrrole nitrogens is 2. The fourth-order valence-corrected chi connectivity index (χ4v) is 2.36. The van der Waals surface area contributed by atoms with Crippen LogP contribution in [0.3, 0.4) is 0 Å². The summed E-state index contributed by atoms with van der Waals surface area (Å²) >= 11 is 0. The molecule has 0 bridgehead atoms. The zero-order valence-corrected chi connectivity index (χ0v) is 10.4. The molecule has 4 nitrogen and oxygen atoms in total. The van der Waals surface area contributed by atoms with Crippen molar-refractivity contribution in [2.75, 3.05) is 0 Å². The number of hydrogen-bond acceptors (Lipinski definition) is 2. The number of fused-ring (bicyclic) bond motifs is 2. The molecule has 2 aromatic carbocycles. The minimum absolute atomic E-state index is 0.787. The number of imidazole rings is 1. The third-order valence-electron chi connectivity index (χ3n) is 3.31. The van der Waals surface area contributed by atoms with E-state index in [9.17, 15) is 0 Å². The summed E-state index contributed by atoms with van der Waals surface area (Å²) in [4.78, 5) is 9.22. The first-order valence-corrected chi connectivity index (χ1v) is 6.20. The predicted molar refractivity (Wildman–Crippen MR) is 75.9 cm³/mol. The molecule has 0 amide bonds. The predicted octanol–water partition coefficient (Wildman–Crippen LogP) is 3.41. The van der Waals surface area contributed by atoms with Crippen LogP contribution in [0, 0.1) is 6.92 Å². The topological polar surface area (TPSA) is 57.4 Å². The van der Waals surface area contributed by atoms with E-state index < -0.39 is 0 Å². The van der Waals surface area contributed by atoms with E-state index in [2.05, 4.69) is 39.2 Å². The van der Waals surface area contributed by atoms with Crippen molar-refractivity contribution >= 4 is 21.9 Å². The van der Waals surface area contributed by atoms with Crippen LogP contribution in [0.2, 0.25) is 0 Å². The van der Waals surface area contributed by atoms with Gasteiger partial charge in [0.2, 0.25) is 0 Å². The number of aryl methyl sites for hydroxylation is 1. The molecule has 0 unspecified atom stereocenters. The van der Waals surface area contributed by atoms with E-state index in [-0.39, 0.29) is 0 Å². The van der Waals surface area contributed by atoms with E-state index in [1.54, 1.807) is 0 Å². The zero-order valence-electron chi connectivity index (χ0n) is 10.4. The summed E-state index contributed by atoms with van der Waals surface area (Å²) in [5.41, 5.74) is 5.17. The van der Waals surface area contributed by atoms with Gasteiger partial charge >= 0.3 is 0 Å². The van der Waals surface area contributed by atoms with Gasteiger partial charge in [-0.3, -0.25) is 0 Å². The quantitative estimate of drug-likeness (QED) is 0.542. The minimum atomic E-state index is 0.787. The number of nitrogens with one attached hydrogen (secondary N) is 2. The minimum Gasteiger partial charge on any atom is -0.307 e. The van der Waals surface area contributed by atoms with Crippen LogP contribution in [-0.4, -0.2) is 20.2 Å². The molecule has 0 aliphatic rings. The Labute approximate surface area is 109 Å². The molecule has 92 valence electrons. The summed E-state index contributed by atoms with van der Waals surface area (Å²) in [5, 5.41) is 7.17. The summed E-state index contributed by atoms with van der Waals surface area (Å²) in [5.74, 6) is 0.787. The Balaban J connectivity index is 1.96. The highest BCUT2D eigenvalue weighted by atomic mass is 15.1. The van der Waals surface area contributed by atoms with Crippen LogP contribution in [0.1, 0.15) is 5.56 Å². The van der Waals surface area contributed by atoms with Gasteiger partial charge in [0.25, 0.3) is 0 Å². The second-order valence-electron chi connectivity index (χ2n) is 4.76. The smallest absolute Gasteiger partial charge is 0.160 e. The monoisotopic (exact) mass is 248 g/mol. The lowest BCUT2D eigenvalue weighted by atomic mass is 10.1. The molecule has 0 spiro atoms. The van der Waals surface area contributed by atoms with Crippen LogP contribution in [-0.2, 0) is 0 Å². The SMILES string of the molecule is Cc1cccc(-c2nc3cc4c[nH][nH]c4cc3n2)c1. The number of nitrogens with zero attached hydrogens (tertiary/aromatic N) is 2. The first kappa shape index (κ1) is 10.3. The van der Waals surface area contributed by atoms with Gasteiger partial charge < -0.3 is 10.2 Å². The molecule has 0 saturated carbocycles. The third-order valence-corrected chi connectivity index (χ3v) is 3.31. The maximum atomic E-state index is 4.61. The van der Waals surface area contributed by atoms with Gasteiger partial charge in [0.1, 0.15) is 0 Å². The van der Waals surface area contributed by atoms with E-state index in [1.165, 1.54) is 5.56 Å². The highest BCUT2D eigenvalue weighted by Gasteiger charge is 2.08. The van der Waals surface area contributed by atoms with Gasteiger partial charge in [-0.2, -0.15) is 0 Å². The molecule has 0 aliphatic carbocycles. The zero-order chi connectivity index (χ0) is 12.8. The number of aromatic nitrogens is 4. The first-order chi connectivity index (χ1) is 9.29. The maximum Gasteiger partial charge on any atom is 0.160 e. The van der Waals surface area contributed by atoms with Crippen LogP contribution in [0.25, 0.3) is 33.3 Å². The molecule has 0 atom stereocenters. The summed E-state index contributed by atoms with van der Waals surface area (Å²) in [6.45, 7) is 2.07. The molecule has 0 fully saturated rings. The summed E-state index contributed by atoms with van der Waals surface area (Å²) < 4.78 is 0. The Kier molecular flexibility index (Phi) is 2.00. The van der Waals surface area contributed by atoms with Gasteiger partial charge in [0.05, 0.1) is 16.6 Å². The van der Waals surface area contributed by atoms with Crippen LogP contribution in [0.15, 0.2) is 42.6 Å². The molecule has 2 heterocycles. The van der Waals surface area contributed by atoms with Crippen LogP contribution in [0.5, 0.6) is 0 Å². The van der Waals surface area contributed by atoms with Crippen molar-refractivity contribution in [2.45, 2.75) is 6.92 Å².